The van der Waals surface area contributed by atoms with Gasteiger partial charge in [0.05, 0.1) is 13.7 Å². The summed E-state index contributed by atoms with van der Waals surface area (Å²) in [5, 5.41) is 15.2. The number of carboxylic acids is 1. The SMILES string of the molecule is COc1ccc2c(c1)CN=C(NCCCCCCCC(=O)O)N2. The summed E-state index contributed by atoms with van der Waals surface area (Å²) in [7, 11) is 1.66. The number of fused-ring (bicyclic) bond motifs is 1. The van der Waals surface area contributed by atoms with Crippen LogP contribution in [-0.2, 0) is 11.3 Å². The van der Waals surface area contributed by atoms with Crippen LogP contribution in [0.2, 0.25) is 0 Å². The van der Waals surface area contributed by atoms with E-state index in [1.807, 2.05) is 18.2 Å². The monoisotopic (exact) mass is 319 g/mol. The maximum Gasteiger partial charge on any atom is 0.303 e. The van der Waals surface area contributed by atoms with Crippen molar-refractivity contribution in [1.29, 1.82) is 0 Å². The van der Waals surface area contributed by atoms with E-state index < -0.39 is 5.97 Å². The van der Waals surface area contributed by atoms with Gasteiger partial charge in [-0.05, 0) is 31.0 Å². The van der Waals surface area contributed by atoms with Crippen LogP contribution in [0.4, 0.5) is 5.69 Å². The molecule has 2 rings (SSSR count). The van der Waals surface area contributed by atoms with Gasteiger partial charge in [0.2, 0.25) is 0 Å². The van der Waals surface area contributed by atoms with E-state index in [1.165, 1.54) is 0 Å². The maximum atomic E-state index is 10.4. The van der Waals surface area contributed by atoms with Crippen molar-refractivity contribution >= 4 is 17.6 Å². The maximum absolute atomic E-state index is 10.4. The van der Waals surface area contributed by atoms with E-state index in [1.54, 1.807) is 7.11 Å². The molecule has 3 N–H and O–H groups in total. The highest BCUT2D eigenvalue weighted by Crippen LogP contribution is 2.25. The van der Waals surface area contributed by atoms with Crippen molar-refractivity contribution in [2.75, 3.05) is 19.0 Å². The second-order valence-corrected chi connectivity index (χ2v) is 5.65. The zero-order chi connectivity index (χ0) is 16.5. The average molecular weight is 319 g/mol. The van der Waals surface area contributed by atoms with Gasteiger partial charge < -0.3 is 20.5 Å². The normalized spacial score (nSPS) is 12.8. The van der Waals surface area contributed by atoms with Crippen LogP contribution in [0.3, 0.4) is 0 Å². The molecule has 23 heavy (non-hydrogen) atoms. The van der Waals surface area contributed by atoms with E-state index in [0.29, 0.717) is 6.54 Å². The van der Waals surface area contributed by atoms with Crippen LogP contribution >= 0.6 is 0 Å². The first-order valence-corrected chi connectivity index (χ1v) is 8.13. The Morgan fingerprint density at radius 2 is 2.09 bits per heavy atom. The third-order valence-electron chi connectivity index (χ3n) is 3.83. The first-order chi connectivity index (χ1) is 11.2. The summed E-state index contributed by atoms with van der Waals surface area (Å²) in [6.45, 7) is 1.52. The number of unbranched alkanes of at least 4 members (excludes halogenated alkanes) is 4. The fourth-order valence-electron chi connectivity index (χ4n) is 2.52. The predicted molar refractivity (Wildman–Crippen MR) is 91.1 cm³/mol. The molecule has 6 nitrogen and oxygen atoms in total. The highest BCUT2D eigenvalue weighted by atomic mass is 16.5. The van der Waals surface area contributed by atoms with Crippen molar-refractivity contribution < 1.29 is 14.6 Å². The van der Waals surface area contributed by atoms with Crippen LogP contribution in [0, 0.1) is 0 Å². The topological polar surface area (TPSA) is 83.0 Å². The fraction of sp³-hybridized carbons (Fsp3) is 0.529. The molecule has 0 atom stereocenters. The van der Waals surface area contributed by atoms with Gasteiger partial charge in [0.15, 0.2) is 5.96 Å². The molecule has 1 aromatic carbocycles. The van der Waals surface area contributed by atoms with Crippen molar-refractivity contribution in [1.82, 2.24) is 5.32 Å². The van der Waals surface area contributed by atoms with Crippen molar-refractivity contribution in [3.05, 3.63) is 23.8 Å². The van der Waals surface area contributed by atoms with Crippen LogP contribution in [0.15, 0.2) is 23.2 Å². The molecule has 6 heteroatoms. The summed E-state index contributed by atoms with van der Waals surface area (Å²) in [6, 6.07) is 5.94. The van der Waals surface area contributed by atoms with Gasteiger partial charge in [-0.25, -0.2) is 4.99 Å². The Kier molecular flexibility index (Phi) is 6.72. The van der Waals surface area contributed by atoms with Gasteiger partial charge in [0.25, 0.3) is 0 Å². The molecule has 0 bridgehead atoms. The van der Waals surface area contributed by atoms with Crippen LogP contribution in [0.1, 0.15) is 44.1 Å². The number of rotatable bonds is 9. The lowest BCUT2D eigenvalue weighted by molar-refractivity contribution is -0.137. The van der Waals surface area contributed by atoms with Gasteiger partial charge >= 0.3 is 5.97 Å². The molecular weight excluding hydrogens is 294 g/mol. The minimum absolute atomic E-state index is 0.281. The number of nitrogens with zero attached hydrogens (tertiary/aromatic N) is 1. The van der Waals surface area contributed by atoms with Crippen LogP contribution in [-0.4, -0.2) is 30.7 Å². The second-order valence-electron chi connectivity index (χ2n) is 5.65. The van der Waals surface area contributed by atoms with E-state index in [-0.39, 0.29) is 6.42 Å². The van der Waals surface area contributed by atoms with Crippen LogP contribution < -0.4 is 15.4 Å². The van der Waals surface area contributed by atoms with E-state index in [4.69, 9.17) is 9.84 Å². The van der Waals surface area contributed by atoms with Crippen LogP contribution in [0.25, 0.3) is 0 Å². The summed E-state index contributed by atoms with van der Waals surface area (Å²) in [4.78, 5) is 14.9. The van der Waals surface area contributed by atoms with Gasteiger partial charge in [-0.2, -0.15) is 0 Å². The van der Waals surface area contributed by atoms with E-state index in [9.17, 15) is 4.79 Å². The highest BCUT2D eigenvalue weighted by Gasteiger charge is 2.11. The van der Waals surface area contributed by atoms with Gasteiger partial charge in [-0.3, -0.25) is 4.79 Å². The molecule has 0 aromatic heterocycles. The largest absolute Gasteiger partial charge is 0.497 e. The summed E-state index contributed by atoms with van der Waals surface area (Å²) in [6.07, 6.45) is 5.29. The Morgan fingerprint density at radius 3 is 2.87 bits per heavy atom. The number of nitrogens with one attached hydrogen (secondary N) is 2. The smallest absolute Gasteiger partial charge is 0.303 e. The summed E-state index contributed by atoms with van der Waals surface area (Å²) in [5.41, 5.74) is 2.20. The number of methoxy groups -OCH3 is 1. The molecule has 0 amide bonds. The lowest BCUT2D eigenvalue weighted by Gasteiger charge is -2.20. The number of aliphatic imine (C=N–C) groups is 1. The predicted octanol–water partition coefficient (Wildman–Crippen LogP) is 2.99. The number of guanidine groups is 1. The highest BCUT2D eigenvalue weighted by molar-refractivity contribution is 5.95. The first kappa shape index (κ1) is 17.1. The molecule has 1 aliphatic heterocycles. The summed E-state index contributed by atoms with van der Waals surface area (Å²) < 4.78 is 5.22. The third kappa shape index (κ3) is 5.81. The van der Waals surface area contributed by atoms with E-state index in [2.05, 4.69) is 15.6 Å². The molecule has 0 fully saturated rings. The summed E-state index contributed by atoms with van der Waals surface area (Å²) in [5.74, 6) is 0.958. The molecule has 0 saturated carbocycles. The number of hydrogen-bond donors (Lipinski definition) is 3. The number of carbonyl (C=O) groups is 1. The average Bonchev–Trinajstić information content (AvgIpc) is 2.56. The number of hydrogen-bond acceptors (Lipinski definition) is 5. The number of anilines is 1. The molecule has 0 radical (unpaired) electrons. The zero-order valence-corrected chi connectivity index (χ0v) is 13.6. The fourth-order valence-corrected chi connectivity index (χ4v) is 2.52. The minimum atomic E-state index is -0.703. The quantitative estimate of drug-likeness (QED) is 0.610. The Morgan fingerprint density at radius 1 is 1.30 bits per heavy atom. The van der Waals surface area contributed by atoms with Crippen molar-refractivity contribution in [3.63, 3.8) is 0 Å². The molecule has 0 saturated heterocycles. The van der Waals surface area contributed by atoms with Crippen molar-refractivity contribution in [2.24, 2.45) is 4.99 Å². The zero-order valence-electron chi connectivity index (χ0n) is 13.6. The number of benzene rings is 1. The molecule has 1 aliphatic rings. The number of carboxylic acid groups (broad SMARTS) is 1. The lowest BCUT2D eigenvalue weighted by atomic mass is 10.1. The lowest BCUT2D eigenvalue weighted by Crippen LogP contribution is -2.33. The molecule has 0 spiro atoms. The molecule has 1 aromatic rings. The number of ether oxygens (including phenoxy) is 1. The van der Waals surface area contributed by atoms with Gasteiger partial charge in [-0.1, -0.05) is 19.3 Å². The first-order valence-electron chi connectivity index (χ1n) is 8.13. The van der Waals surface area contributed by atoms with Crippen molar-refractivity contribution in [2.45, 2.75) is 45.1 Å². The standard InChI is InChI=1S/C17H25N3O3/c1-23-14-8-9-15-13(11-14)12-19-17(20-15)18-10-6-4-2-3-5-7-16(21)22/h8-9,11H,2-7,10,12H2,1H3,(H,21,22)(H2,18,19,20). The van der Waals surface area contributed by atoms with Gasteiger partial charge in [-0.15, -0.1) is 0 Å². The molecular formula is C17H25N3O3. The van der Waals surface area contributed by atoms with Gasteiger partial charge in [0.1, 0.15) is 5.75 Å². The third-order valence-corrected chi connectivity index (χ3v) is 3.83. The molecule has 1 heterocycles. The minimum Gasteiger partial charge on any atom is -0.497 e. The second kappa shape index (κ2) is 9.02. The van der Waals surface area contributed by atoms with Crippen molar-refractivity contribution in [3.8, 4) is 5.75 Å². The van der Waals surface area contributed by atoms with Gasteiger partial charge in [0, 0.05) is 24.2 Å². The van der Waals surface area contributed by atoms with Crippen LogP contribution in [0.5, 0.6) is 5.75 Å². The number of aliphatic carboxylic acids is 1. The molecule has 0 aliphatic carbocycles. The summed E-state index contributed by atoms with van der Waals surface area (Å²) >= 11 is 0. The Balaban J connectivity index is 1.61. The Hall–Kier alpha value is -2.24. The Labute approximate surface area is 137 Å². The Bertz CT molecular complexity index is 558. The van der Waals surface area contributed by atoms with E-state index >= 15 is 0 Å². The van der Waals surface area contributed by atoms with E-state index in [0.717, 1.165) is 61.6 Å². The molecule has 0 unspecified atom stereocenters. The molecule has 126 valence electrons.